The number of carbonyl (C=O) groups is 1. The third-order valence-electron chi connectivity index (χ3n) is 4.02. The summed E-state index contributed by atoms with van der Waals surface area (Å²) in [5, 5.41) is 21.7. The van der Waals surface area contributed by atoms with Crippen molar-refractivity contribution in [3.8, 4) is 5.75 Å². The molecule has 0 aromatic heterocycles. The molecule has 9 nitrogen and oxygen atoms in total. The molecule has 10 heteroatoms. The number of phenolic OH excluding ortho intramolecular Hbond substituents is 1. The van der Waals surface area contributed by atoms with Crippen molar-refractivity contribution in [2.45, 2.75) is 19.4 Å². The van der Waals surface area contributed by atoms with Gasteiger partial charge in [0.15, 0.2) is 11.7 Å². The molecule has 0 fully saturated rings. The maximum absolute atomic E-state index is 11.9. The molecule has 0 aliphatic carbocycles. The van der Waals surface area contributed by atoms with E-state index in [4.69, 9.17) is 5.11 Å². The van der Waals surface area contributed by atoms with Crippen LogP contribution in [0.3, 0.4) is 0 Å². The van der Waals surface area contributed by atoms with Crippen molar-refractivity contribution in [3.63, 3.8) is 0 Å². The van der Waals surface area contributed by atoms with Gasteiger partial charge >= 0.3 is 16.2 Å². The second-order valence-corrected chi connectivity index (χ2v) is 7.33. The standard InChI is InChI=1S/C18H18N4O5S/c1-2-13(11-6-4-3-5-7-11)19-16-17(22-28(26,27)21-16)20-14-9-8-12(18(24)25)10-15(14)23/h3-10,13,23H,2H2,1H3,(H,19,21)(H,20,22)(H,24,25)/t13-/m1/s1. The van der Waals surface area contributed by atoms with Crippen LogP contribution in [0, 0.1) is 0 Å². The summed E-state index contributed by atoms with van der Waals surface area (Å²) < 4.78 is 29.7. The minimum atomic E-state index is -3.97. The van der Waals surface area contributed by atoms with Crippen molar-refractivity contribution in [3.05, 3.63) is 59.7 Å². The number of amidine groups is 2. The van der Waals surface area contributed by atoms with Crippen LogP contribution < -0.4 is 10.0 Å². The lowest BCUT2D eigenvalue weighted by atomic mass is 10.1. The zero-order chi connectivity index (χ0) is 20.3. The van der Waals surface area contributed by atoms with E-state index in [1.165, 1.54) is 12.1 Å². The maximum atomic E-state index is 11.9. The lowest BCUT2D eigenvalue weighted by Crippen LogP contribution is -2.31. The van der Waals surface area contributed by atoms with Gasteiger partial charge in [0.2, 0.25) is 0 Å². The third kappa shape index (κ3) is 4.29. The van der Waals surface area contributed by atoms with Gasteiger partial charge in [0.05, 0.1) is 17.3 Å². The summed E-state index contributed by atoms with van der Waals surface area (Å²) >= 11 is 0. The van der Waals surface area contributed by atoms with Gasteiger partial charge in [-0.2, -0.15) is 8.42 Å². The molecule has 1 aliphatic rings. The number of aromatic hydroxyl groups is 1. The van der Waals surface area contributed by atoms with Gasteiger partial charge in [-0.25, -0.2) is 9.52 Å². The van der Waals surface area contributed by atoms with E-state index >= 15 is 0 Å². The molecule has 2 aromatic carbocycles. The van der Waals surface area contributed by atoms with Gasteiger partial charge in [0.25, 0.3) is 0 Å². The summed E-state index contributed by atoms with van der Waals surface area (Å²) in [6.45, 7) is 1.92. The third-order valence-corrected chi connectivity index (χ3v) is 4.89. The largest absolute Gasteiger partial charge is 0.506 e. The second kappa shape index (κ2) is 7.69. The number of rotatable bonds is 5. The van der Waals surface area contributed by atoms with E-state index in [2.05, 4.69) is 19.4 Å². The fourth-order valence-corrected chi connectivity index (χ4v) is 3.47. The molecule has 0 saturated carbocycles. The molecule has 0 saturated heterocycles. The number of nitrogens with zero attached hydrogens (tertiary/aromatic N) is 2. The summed E-state index contributed by atoms with van der Waals surface area (Å²) in [6, 6.07) is 12.7. The van der Waals surface area contributed by atoms with E-state index in [0.717, 1.165) is 11.6 Å². The Morgan fingerprint density at radius 1 is 1.25 bits per heavy atom. The van der Waals surface area contributed by atoms with Crippen LogP contribution in [0.1, 0.15) is 35.3 Å². The van der Waals surface area contributed by atoms with Crippen LogP contribution in [0.2, 0.25) is 0 Å². The van der Waals surface area contributed by atoms with Crippen molar-refractivity contribution >= 4 is 33.5 Å². The molecule has 1 heterocycles. The Balaban J connectivity index is 1.93. The van der Waals surface area contributed by atoms with Gasteiger partial charge < -0.3 is 15.5 Å². The molecule has 0 radical (unpaired) electrons. The minimum absolute atomic E-state index is 0.0115. The molecule has 28 heavy (non-hydrogen) atoms. The molecule has 0 unspecified atom stereocenters. The summed E-state index contributed by atoms with van der Waals surface area (Å²) in [4.78, 5) is 15.4. The molecule has 4 N–H and O–H groups in total. The van der Waals surface area contributed by atoms with Crippen LogP contribution >= 0.6 is 0 Å². The van der Waals surface area contributed by atoms with Crippen molar-refractivity contribution in [2.24, 2.45) is 9.39 Å². The number of carboxylic acids is 1. The lowest BCUT2D eigenvalue weighted by Gasteiger charge is -2.13. The van der Waals surface area contributed by atoms with Crippen molar-refractivity contribution in [2.75, 3.05) is 5.32 Å². The zero-order valence-electron chi connectivity index (χ0n) is 14.8. The van der Waals surface area contributed by atoms with Crippen molar-refractivity contribution in [1.82, 2.24) is 4.72 Å². The summed E-state index contributed by atoms with van der Waals surface area (Å²) in [5.74, 6) is -1.63. The monoisotopic (exact) mass is 402 g/mol. The number of benzene rings is 2. The normalized spacial score (nSPS) is 17.6. The Hall–Kier alpha value is -3.40. The van der Waals surface area contributed by atoms with Crippen LogP contribution in [0.4, 0.5) is 5.69 Å². The number of nitrogens with one attached hydrogen (secondary N) is 2. The van der Waals surface area contributed by atoms with Gasteiger partial charge in [-0.15, -0.1) is 4.40 Å². The Morgan fingerprint density at radius 3 is 2.57 bits per heavy atom. The number of anilines is 1. The highest BCUT2D eigenvalue weighted by Crippen LogP contribution is 2.26. The first kappa shape index (κ1) is 19.4. The first-order valence-electron chi connectivity index (χ1n) is 8.38. The molecular weight excluding hydrogens is 384 g/mol. The predicted molar refractivity (Wildman–Crippen MR) is 105 cm³/mol. The van der Waals surface area contributed by atoms with Crippen LogP contribution in [-0.2, 0) is 10.2 Å². The minimum Gasteiger partial charge on any atom is -0.506 e. The van der Waals surface area contributed by atoms with E-state index in [1.54, 1.807) is 0 Å². The molecule has 2 aromatic rings. The predicted octanol–water partition coefficient (Wildman–Crippen LogP) is 2.30. The number of hydrogen-bond acceptors (Lipinski definition) is 6. The Labute approximate surface area is 161 Å². The van der Waals surface area contributed by atoms with Gasteiger partial charge in [-0.3, -0.25) is 4.99 Å². The lowest BCUT2D eigenvalue weighted by molar-refractivity contribution is 0.0696. The van der Waals surface area contributed by atoms with Gasteiger partial charge in [0, 0.05) is 0 Å². The molecule has 0 amide bonds. The van der Waals surface area contributed by atoms with Crippen LogP contribution in [0.15, 0.2) is 57.9 Å². The maximum Gasteiger partial charge on any atom is 0.345 e. The topological polar surface area (TPSA) is 140 Å². The van der Waals surface area contributed by atoms with Crippen LogP contribution in [-0.4, -0.2) is 36.3 Å². The number of hydrogen-bond donors (Lipinski definition) is 4. The Bertz CT molecular complexity index is 1060. The van der Waals surface area contributed by atoms with Crippen LogP contribution in [0.25, 0.3) is 0 Å². The van der Waals surface area contributed by atoms with Crippen LogP contribution in [0.5, 0.6) is 5.75 Å². The number of aliphatic imine (C=N–C) groups is 1. The first-order valence-corrected chi connectivity index (χ1v) is 9.82. The number of phenols is 1. The second-order valence-electron chi connectivity index (χ2n) is 5.99. The highest BCUT2D eigenvalue weighted by atomic mass is 32.2. The van der Waals surface area contributed by atoms with Gasteiger partial charge in [-0.1, -0.05) is 37.3 Å². The van der Waals surface area contributed by atoms with Crippen molar-refractivity contribution in [1.29, 1.82) is 0 Å². The fraction of sp³-hybridized carbons (Fsp3) is 0.167. The Morgan fingerprint density at radius 2 is 1.96 bits per heavy atom. The van der Waals surface area contributed by atoms with Crippen molar-refractivity contribution < 1.29 is 23.4 Å². The quantitative estimate of drug-likeness (QED) is 0.566. The molecule has 1 atom stereocenters. The zero-order valence-corrected chi connectivity index (χ0v) is 15.6. The van der Waals surface area contributed by atoms with E-state index in [-0.39, 0.29) is 34.7 Å². The molecular formula is C18H18N4O5S. The molecule has 0 spiro atoms. The highest BCUT2D eigenvalue weighted by Gasteiger charge is 2.28. The smallest absolute Gasteiger partial charge is 0.345 e. The number of aromatic carboxylic acids is 1. The molecule has 3 rings (SSSR count). The summed E-state index contributed by atoms with van der Waals surface area (Å²) in [6.07, 6.45) is 0.626. The average molecular weight is 402 g/mol. The van der Waals surface area contributed by atoms with E-state index < -0.39 is 16.2 Å². The summed E-state index contributed by atoms with van der Waals surface area (Å²) in [5.41, 5.74) is 0.908. The van der Waals surface area contributed by atoms with E-state index in [0.29, 0.717) is 6.42 Å². The average Bonchev–Trinajstić information content (AvgIpc) is 2.95. The SMILES string of the molecule is CC[C@@H](N=C1NS(=O)(=O)N=C1Nc1ccc(C(=O)O)cc1O)c1ccccc1. The van der Waals surface area contributed by atoms with Gasteiger partial charge in [0.1, 0.15) is 5.75 Å². The molecule has 0 bridgehead atoms. The molecule has 1 aliphatic heterocycles. The fourth-order valence-electron chi connectivity index (χ4n) is 2.66. The molecule has 146 valence electrons. The van der Waals surface area contributed by atoms with E-state index in [9.17, 15) is 18.3 Å². The Kier molecular flexibility index (Phi) is 5.32. The number of carboxylic acid groups (broad SMARTS) is 1. The van der Waals surface area contributed by atoms with Gasteiger partial charge in [-0.05, 0) is 30.2 Å². The van der Waals surface area contributed by atoms with E-state index in [1.807, 2.05) is 37.3 Å². The highest BCUT2D eigenvalue weighted by molar-refractivity contribution is 7.89. The first-order chi connectivity index (χ1) is 13.3. The summed E-state index contributed by atoms with van der Waals surface area (Å²) in [7, 11) is -3.97.